The fourth-order valence-corrected chi connectivity index (χ4v) is 2.64. The molecule has 0 saturated carbocycles. The van der Waals surface area contributed by atoms with Crippen molar-refractivity contribution < 1.29 is 4.74 Å². The maximum Gasteiger partial charge on any atom is 0.224 e. The van der Waals surface area contributed by atoms with Crippen molar-refractivity contribution in [2.24, 2.45) is 0 Å². The fourth-order valence-electron chi connectivity index (χ4n) is 2.64. The molecule has 1 aromatic rings. The predicted molar refractivity (Wildman–Crippen MR) is 90.6 cm³/mol. The second-order valence-electron chi connectivity index (χ2n) is 5.61. The molecule has 2 rings (SSSR count). The van der Waals surface area contributed by atoms with Crippen LogP contribution in [-0.4, -0.2) is 67.4 Å². The number of anilines is 2. The van der Waals surface area contributed by atoms with Crippen molar-refractivity contribution in [3.8, 4) is 0 Å². The molecule has 6 heteroatoms. The second kappa shape index (κ2) is 9.58. The van der Waals surface area contributed by atoms with Crippen LogP contribution in [0.2, 0.25) is 0 Å². The Labute approximate surface area is 133 Å². The van der Waals surface area contributed by atoms with Crippen molar-refractivity contribution in [2.45, 2.75) is 26.7 Å². The Kier molecular flexibility index (Phi) is 7.39. The highest BCUT2D eigenvalue weighted by Crippen LogP contribution is 2.13. The van der Waals surface area contributed by atoms with Crippen LogP contribution >= 0.6 is 0 Å². The quantitative estimate of drug-likeness (QED) is 0.751. The van der Waals surface area contributed by atoms with Crippen LogP contribution in [0.3, 0.4) is 0 Å². The number of hydrogen-bond acceptors (Lipinski definition) is 6. The zero-order chi connectivity index (χ0) is 15.6. The van der Waals surface area contributed by atoms with Crippen molar-refractivity contribution in [3.63, 3.8) is 0 Å². The summed E-state index contributed by atoms with van der Waals surface area (Å²) in [6.07, 6.45) is 4.10. The zero-order valence-corrected chi connectivity index (χ0v) is 13.9. The first kappa shape index (κ1) is 17.0. The lowest BCUT2D eigenvalue weighted by Gasteiger charge is -2.26. The molecule has 1 N–H and O–H groups in total. The molecule has 0 radical (unpaired) electrons. The van der Waals surface area contributed by atoms with Crippen LogP contribution in [-0.2, 0) is 4.74 Å². The van der Waals surface area contributed by atoms with E-state index in [4.69, 9.17) is 4.74 Å². The van der Waals surface area contributed by atoms with E-state index < -0.39 is 0 Å². The highest BCUT2D eigenvalue weighted by Gasteiger charge is 2.10. The molecule has 1 aliphatic heterocycles. The van der Waals surface area contributed by atoms with Crippen molar-refractivity contribution in [1.82, 2.24) is 14.9 Å². The Balaban J connectivity index is 1.84. The molecule has 0 amide bonds. The van der Waals surface area contributed by atoms with Crippen LogP contribution in [0.4, 0.5) is 11.8 Å². The van der Waals surface area contributed by atoms with Gasteiger partial charge < -0.3 is 15.0 Å². The van der Waals surface area contributed by atoms with Crippen LogP contribution in [0.5, 0.6) is 0 Å². The molecule has 0 unspecified atom stereocenters. The Morgan fingerprint density at radius 1 is 1.23 bits per heavy atom. The molecule has 2 heterocycles. The maximum atomic E-state index is 5.36. The normalized spacial score (nSPS) is 15.7. The van der Waals surface area contributed by atoms with Crippen LogP contribution in [0.1, 0.15) is 26.7 Å². The molecule has 1 fully saturated rings. The van der Waals surface area contributed by atoms with E-state index in [-0.39, 0.29) is 0 Å². The summed E-state index contributed by atoms with van der Waals surface area (Å²) in [6, 6.07) is 2.00. The van der Waals surface area contributed by atoms with E-state index in [9.17, 15) is 0 Å². The van der Waals surface area contributed by atoms with Gasteiger partial charge in [0.2, 0.25) is 5.95 Å². The predicted octanol–water partition coefficient (Wildman–Crippen LogP) is 1.85. The Morgan fingerprint density at radius 3 is 2.64 bits per heavy atom. The summed E-state index contributed by atoms with van der Waals surface area (Å²) in [5.41, 5.74) is 0. The van der Waals surface area contributed by atoms with Crippen molar-refractivity contribution in [2.75, 3.05) is 62.7 Å². The third kappa shape index (κ3) is 5.42. The smallest absolute Gasteiger partial charge is 0.224 e. The van der Waals surface area contributed by atoms with Crippen LogP contribution in [0.15, 0.2) is 12.3 Å². The van der Waals surface area contributed by atoms with Crippen LogP contribution in [0.25, 0.3) is 0 Å². The lowest BCUT2D eigenvalue weighted by molar-refractivity contribution is 0.0398. The first-order valence-corrected chi connectivity index (χ1v) is 8.45. The van der Waals surface area contributed by atoms with E-state index in [1.165, 1.54) is 0 Å². The first-order valence-electron chi connectivity index (χ1n) is 8.45. The third-order valence-electron chi connectivity index (χ3n) is 3.77. The topological polar surface area (TPSA) is 53.5 Å². The second-order valence-corrected chi connectivity index (χ2v) is 5.61. The van der Waals surface area contributed by atoms with Gasteiger partial charge in [-0.15, -0.1) is 0 Å². The van der Waals surface area contributed by atoms with Crippen LogP contribution < -0.4 is 10.2 Å². The van der Waals surface area contributed by atoms with Crippen molar-refractivity contribution >= 4 is 11.8 Å². The van der Waals surface area contributed by atoms with Gasteiger partial charge in [0.15, 0.2) is 0 Å². The molecule has 1 aromatic heterocycles. The molecule has 1 aliphatic rings. The van der Waals surface area contributed by atoms with Gasteiger partial charge >= 0.3 is 0 Å². The van der Waals surface area contributed by atoms with Gasteiger partial charge in [-0.3, -0.25) is 4.90 Å². The van der Waals surface area contributed by atoms with Gasteiger partial charge in [-0.2, -0.15) is 4.98 Å². The highest BCUT2D eigenvalue weighted by atomic mass is 16.5. The molecule has 1 saturated heterocycles. The zero-order valence-electron chi connectivity index (χ0n) is 13.9. The van der Waals surface area contributed by atoms with Crippen molar-refractivity contribution in [1.29, 1.82) is 0 Å². The maximum absolute atomic E-state index is 5.36. The standard InChI is InChI=1S/C16H29N5O/c1-3-8-21(9-4-2)15-5-6-17-16(19-15)18-7-10-20-11-13-22-14-12-20/h5-6H,3-4,7-14H2,1-2H3,(H,17,18,19). The molecule has 0 aliphatic carbocycles. The van der Waals surface area contributed by atoms with E-state index >= 15 is 0 Å². The summed E-state index contributed by atoms with van der Waals surface area (Å²) >= 11 is 0. The molecule has 124 valence electrons. The average molecular weight is 307 g/mol. The van der Waals surface area contributed by atoms with E-state index in [0.717, 1.165) is 77.1 Å². The minimum Gasteiger partial charge on any atom is -0.379 e. The fraction of sp³-hybridized carbons (Fsp3) is 0.750. The third-order valence-corrected chi connectivity index (χ3v) is 3.77. The molecular formula is C16H29N5O. The minimum atomic E-state index is 0.725. The van der Waals surface area contributed by atoms with Gasteiger partial charge in [0.25, 0.3) is 0 Å². The van der Waals surface area contributed by atoms with E-state index in [2.05, 4.69) is 38.9 Å². The minimum absolute atomic E-state index is 0.725. The number of nitrogens with zero attached hydrogens (tertiary/aromatic N) is 4. The van der Waals surface area contributed by atoms with Gasteiger partial charge in [-0.05, 0) is 18.9 Å². The summed E-state index contributed by atoms with van der Waals surface area (Å²) in [7, 11) is 0. The highest BCUT2D eigenvalue weighted by molar-refractivity contribution is 5.42. The van der Waals surface area contributed by atoms with Gasteiger partial charge in [0.1, 0.15) is 5.82 Å². The van der Waals surface area contributed by atoms with Crippen LogP contribution in [0, 0.1) is 0 Å². The van der Waals surface area contributed by atoms with Gasteiger partial charge in [0, 0.05) is 45.5 Å². The number of rotatable bonds is 9. The Hall–Kier alpha value is -1.40. The number of aromatic nitrogens is 2. The molecule has 0 spiro atoms. The average Bonchev–Trinajstić information content (AvgIpc) is 2.56. The summed E-state index contributed by atoms with van der Waals surface area (Å²) in [5, 5.41) is 3.34. The summed E-state index contributed by atoms with van der Waals surface area (Å²) < 4.78 is 5.36. The molecular weight excluding hydrogens is 278 g/mol. The summed E-state index contributed by atoms with van der Waals surface area (Å²) in [4.78, 5) is 13.7. The summed E-state index contributed by atoms with van der Waals surface area (Å²) in [5.74, 6) is 1.75. The lowest BCUT2D eigenvalue weighted by Crippen LogP contribution is -2.39. The van der Waals surface area contributed by atoms with Gasteiger partial charge in [-0.25, -0.2) is 4.98 Å². The Morgan fingerprint density at radius 2 is 1.95 bits per heavy atom. The van der Waals surface area contributed by atoms with Gasteiger partial charge in [0.05, 0.1) is 13.2 Å². The first-order chi connectivity index (χ1) is 10.8. The number of morpholine rings is 1. The number of ether oxygens (including phenoxy) is 1. The molecule has 0 atom stereocenters. The lowest BCUT2D eigenvalue weighted by atomic mass is 10.3. The van der Waals surface area contributed by atoms with Gasteiger partial charge in [-0.1, -0.05) is 13.8 Å². The van der Waals surface area contributed by atoms with E-state index in [1.807, 2.05) is 12.3 Å². The molecule has 0 bridgehead atoms. The van der Waals surface area contributed by atoms with E-state index in [1.54, 1.807) is 0 Å². The number of hydrogen-bond donors (Lipinski definition) is 1. The Bertz CT molecular complexity index is 417. The molecule has 22 heavy (non-hydrogen) atoms. The monoisotopic (exact) mass is 307 g/mol. The largest absolute Gasteiger partial charge is 0.379 e. The number of nitrogens with one attached hydrogen (secondary N) is 1. The molecule has 0 aromatic carbocycles. The summed E-state index contributed by atoms with van der Waals surface area (Å²) in [6.45, 7) is 12.1. The van der Waals surface area contributed by atoms with Crippen molar-refractivity contribution in [3.05, 3.63) is 12.3 Å². The SMILES string of the molecule is CCCN(CCC)c1ccnc(NCCN2CCOCC2)n1. The van der Waals surface area contributed by atoms with E-state index in [0.29, 0.717) is 0 Å². The molecule has 6 nitrogen and oxygen atoms in total.